The fourth-order valence-corrected chi connectivity index (χ4v) is 4.80. The van der Waals surface area contributed by atoms with E-state index >= 15 is 0 Å². The van der Waals surface area contributed by atoms with Gasteiger partial charge in [-0.15, -0.1) is 0 Å². The Labute approximate surface area is 205 Å². The molecule has 1 amide bonds. The maximum absolute atomic E-state index is 12.2. The van der Waals surface area contributed by atoms with Crippen LogP contribution in [0, 0.1) is 3.70 Å². The molecule has 33 heavy (non-hydrogen) atoms. The molecular formula is C25H22IN5O2. The van der Waals surface area contributed by atoms with Gasteiger partial charge in [-0.3, -0.25) is 4.79 Å². The van der Waals surface area contributed by atoms with Gasteiger partial charge in [0.05, 0.1) is 11.4 Å². The molecule has 166 valence electrons. The van der Waals surface area contributed by atoms with E-state index in [9.17, 15) is 4.79 Å². The van der Waals surface area contributed by atoms with Gasteiger partial charge in [-0.25, -0.2) is 14.6 Å². The van der Waals surface area contributed by atoms with Crippen molar-refractivity contribution < 1.29 is 9.53 Å². The highest BCUT2D eigenvalue weighted by atomic mass is 127. The summed E-state index contributed by atoms with van der Waals surface area (Å²) in [5.41, 5.74) is 2.57. The minimum atomic E-state index is -0.0467. The SMILES string of the molecule is C=CC(=O)N1CCC[C@@H](n2nc(-c3ccc(Oc4ccccc4)cc3)c3c(I)ncnc32)C1. The number of amides is 1. The van der Waals surface area contributed by atoms with Gasteiger partial charge in [-0.1, -0.05) is 24.8 Å². The lowest BCUT2D eigenvalue weighted by Gasteiger charge is -2.32. The van der Waals surface area contributed by atoms with Crippen LogP contribution in [0.5, 0.6) is 11.5 Å². The zero-order valence-electron chi connectivity index (χ0n) is 17.9. The molecule has 2 aromatic heterocycles. The fraction of sp³-hybridized carbons (Fsp3) is 0.200. The largest absolute Gasteiger partial charge is 0.457 e. The Morgan fingerprint density at radius 2 is 1.85 bits per heavy atom. The third-order valence-electron chi connectivity index (χ3n) is 5.78. The number of benzene rings is 2. The van der Waals surface area contributed by atoms with Crippen LogP contribution >= 0.6 is 22.6 Å². The molecule has 0 bridgehead atoms. The van der Waals surface area contributed by atoms with Crippen molar-refractivity contribution in [2.24, 2.45) is 0 Å². The molecule has 0 saturated carbocycles. The van der Waals surface area contributed by atoms with Crippen molar-refractivity contribution in [3.8, 4) is 22.8 Å². The summed E-state index contributed by atoms with van der Waals surface area (Å²) in [4.78, 5) is 23.0. The molecule has 0 radical (unpaired) electrons. The van der Waals surface area contributed by atoms with Crippen LogP contribution in [0.15, 0.2) is 73.6 Å². The number of hydrogen-bond acceptors (Lipinski definition) is 5. The van der Waals surface area contributed by atoms with E-state index in [2.05, 4.69) is 39.1 Å². The summed E-state index contributed by atoms with van der Waals surface area (Å²) in [7, 11) is 0. The van der Waals surface area contributed by atoms with E-state index in [1.807, 2.05) is 64.2 Å². The van der Waals surface area contributed by atoms with Gasteiger partial charge in [0, 0.05) is 18.7 Å². The van der Waals surface area contributed by atoms with Crippen molar-refractivity contribution in [2.45, 2.75) is 18.9 Å². The zero-order valence-corrected chi connectivity index (χ0v) is 20.1. The second-order valence-electron chi connectivity index (χ2n) is 7.88. The standard InChI is InChI=1S/C25H22IN5O2/c1-2-21(32)30-14-6-7-18(15-30)31-25-22(24(26)27-16-28-25)23(29-31)17-10-12-20(13-11-17)33-19-8-4-3-5-9-19/h2-5,8-13,16,18H,1,6-7,14-15H2/t18-/m1/s1. The van der Waals surface area contributed by atoms with Gasteiger partial charge in [-0.2, -0.15) is 5.10 Å². The monoisotopic (exact) mass is 551 g/mol. The van der Waals surface area contributed by atoms with Crippen LogP contribution in [0.2, 0.25) is 0 Å². The smallest absolute Gasteiger partial charge is 0.246 e. The number of nitrogens with zero attached hydrogens (tertiary/aromatic N) is 5. The summed E-state index contributed by atoms with van der Waals surface area (Å²) < 4.78 is 8.74. The maximum atomic E-state index is 12.2. The predicted octanol–water partition coefficient (Wildman–Crippen LogP) is 5.24. The van der Waals surface area contributed by atoms with Crippen LogP contribution in [0.4, 0.5) is 0 Å². The zero-order chi connectivity index (χ0) is 22.8. The molecule has 0 aliphatic carbocycles. The molecule has 1 atom stereocenters. The summed E-state index contributed by atoms with van der Waals surface area (Å²) in [6, 6.07) is 17.6. The van der Waals surface area contributed by atoms with E-state index in [1.165, 1.54) is 6.08 Å². The van der Waals surface area contributed by atoms with Gasteiger partial charge in [-0.05, 0) is 77.9 Å². The first kappa shape index (κ1) is 21.6. The second-order valence-corrected chi connectivity index (χ2v) is 8.90. The molecule has 2 aromatic carbocycles. The number of aromatic nitrogens is 4. The van der Waals surface area contributed by atoms with Gasteiger partial charge < -0.3 is 9.64 Å². The normalized spacial score (nSPS) is 16.0. The molecule has 5 rings (SSSR count). The van der Waals surface area contributed by atoms with Gasteiger partial charge in [0.25, 0.3) is 0 Å². The molecule has 1 aliphatic heterocycles. The van der Waals surface area contributed by atoms with Crippen molar-refractivity contribution in [1.29, 1.82) is 0 Å². The Balaban J connectivity index is 1.50. The van der Waals surface area contributed by atoms with Crippen LogP contribution < -0.4 is 4.74 Å². The first-order valence-corrected chi connectivity index (χ1v) is 11.9. The van der Waals surface area contributed by atoms with Crippen molar-refractivity contribution in [3.63, 3.8) is 0 Å². The van der Waals surface area contributed by atoms with Gasteiger partial charge in [0.1, 0.15) is 27.2 Å². The van der Waals surface area contributed by atoms with Crippen molar-refractivity contribution in [1.82, 2.24) is 24.6 Å². The molecule has 1 fully saturated rings. The molecule has 1 aliphatic rings. The van der Waals surface area contributed by atoms with Crippen molar-refractivity contribution in [3.05, 3.63) is 77.3 Å². The number of likely N-dealkylation sites (tertiary alicyclic amines) is 1. The van der Waals surface area contributed by atoms with Gasteiger partial charge >= 0.3 is 0 Å². The summed E-state index contributed by atoms with van der Waals surface area (Å²) in [6.45, 7) is 4.95. The summed E-state index contributed by atoms with van der Waals surface area (Å²) in [6.07, 6.45) is 4.79. The number of ether oxygens (including phenoxy) is 1. The number of carbonyl (C=O) groups is 1. The molecule has 0 unspecified atom stereocenters. The lowest BCUT2D eigenvalue weighted by atomic mass is 10.1. The maximum Gasteiger partial charge on any atom is 0.246 e. The van der Waals surface area contributed by atoms with Crippen LogP contribution in [0.1, 0.15) is 18.9 Å². The third-order valence-corrected chi connectivity index (χ3v) is 6.60. The molecule has 0 spiro atoms. The van der Waals surface area contributed by atoms with Crippen LogP contribution in [-0.4, -0.2) is 43.6 Å². The van der Waals surface area contributed by atoms with E-state index in [0.29, 0.717) is 6.54 Å². The summed E-state index contributed by atoms with van der Waals surface area (Å²) >= 11 is 2.23. The predicted molar refractivity (Wildman–Crippen MR) is 135 cm³/mol. The van der Waals surface area contributed by atoms with Gasteiger partial charge in [0.15, 0.2) is 5.65 Å². The minimum absolute atomic E-state index is 0.0466. The fourth-order valence-electron chi connectivity index (χ4n) is 4.18. The Kier molecular flexibility index (Phi) is 6.08. The molecule has 4 aromatic rings. The Hall–Kier alpha value is -3.27. The number of piperidine rings is 1. The van der Waals surface area contributed by atoms with Crippen molar-refractivity contribution in [2.75, 3.05) is 13.1 Å². The number of para-hydroxylation sites is 1. The average Bonchev–Trinajstić information content (AvgIpc) is 3.26. The van der Waals surface area contributed by atoms with Crippen LogP contribution in [-0.2, 0) is 4.79 Å². The van der Waals surface area contributed by atoms with Gasteiger partial charge in [0.2, 0.25) is 5.91 Å². The molecule has 7 nitrogen and oxygen atoms in total. The number of halogens is 1. The quantitative estimate of drug-likeness (QED) is 0.193. The van der Waals surface area contributed by atoms with E-state index in [1.54, 1.807) is 6.33 Å². The number of fused-ring (bicyclic) bond motifs is 1. The average molecular weight is 551 g/mol. The van der Waals surface area contributed by atoms with E-state index in [4.69, 9.17) is 9.84 Å². The Morgan fingerprint density at radius 1 is 1.09 bits per heavy atom. The highest BCUT2D eigenvalue weighted by Gasteiger charge is 2.28. The number of carbonyl (C=O) groups excluding carboxylic acids is 1. The Morgan fingerprint density at radius 3 is 2.61 bits per heavy atom. The molecular weight excluding hydrogens is 529 g/mol. The number of hydrogen-bond donors (Lipinski definition) is 0. The molecule has 8 heteroatoms. The van der Waals surface area contributed by atoms with E-state index in [-0.39, 0.29) is 11.9 Å². The highest BCUT2D eigenvalue weighted by molar-refractivity contribution is 14.1. The van der Waals surface area contributed by atoms with E-state index in [0.717, 1.165) is 56.9 Å². The lowest BCUT2D eigenvalue weighted by molar-refractivity contribution is -0.127. The lowest BCUT2D eigenvalue weighted by Crippen LogP contribution is -2.40. The minimum Gasteiger partial charge on any atom is -0.457 e. The first-order valence-electron chi connectivity index (χ1n) is 10.8. The number of rotatable bonds is 5. The highest BCUT2D eigenvalue weighted by Crippen LogP contribution is 2.34. The van der Waals surface area contributed by atoms with Crippen molar-refractivity contribution >= 4 is 39.5 Å². The molecule has 1 saturated heterocycles. The van der Waals surface area contributed by atoms with E-state index < -0.39 is 0 Å². The Bertz CT molecular complexity index is 1300. The summed E-state index contributed by atoms with van der Waals surface area (Å²) in [5, 5.41) is 5.90. The molecule has 0 N–H and O–H groups in total. The summed E-state index contributed by atoms with van der Waals surface area (Å²) in [5.74, 6) is 1.50. The third kappa shape index (κ3) is 4.35. The topological polar surface area (TPSA) is 73.1 Å². The second kappa shape index (κ2) is 9.30. The first-order chi connectivity index (χ1) is 16.1. The molecule has 3 heterocycles. The van der Waals surface area contributed by atoms with Crippen LogP contribution in [0.25, 0.3) is 22.3 Å². The van der Waals surface area contributed by atoms with Crippen LogP contribution in [0.3, 0.4) is 0 Å².